The molecule has 4 heteroatoms. The van der Waals surface area contributed by atoms with Crippen molar-refractivity contribution >= 4 is 0 Å². The lowest BCUT2D eigenvalue weighted by molar-refractivity contribution is 0.543. The average molecular weight is 231 g/mol. The van der Waals surface area contributed by atoms with E-state index >= 15 is 0 Å². The third-order valence-electron chi connectivity index (χ3n) is 2.63. The quantitative estimate of drug-likeness (QED) is 0.876. The second kappa shape index (κ2) is 5.10. The molecule has 0 saturated heterocycles. The normalized spacial score (nSPS) is 12.6. The number of hydrogen-bond acceptors (Lipinski definition) is 4. The Hall–Kier alpha value is -1.68. The van der Waals surface area contributed by atoms with Gasteiger partial charge in [-0.3, -0.25) is 0 Å². The lowest BCUT2D eigenvalue weighted by Gasteiger charge is -2.07. The van der Waals surface area contributed by atoms with Crippen molar-refractivity contribution in [3.63, 3.8) is 0 Å². The number of aromatic nitrogens is 2. The first kappa shape index (κ1) is 11.8. The first-order chi connectivity index (χ1) is 8.19. The summed E-state index contributed by atoms with van der Waals surface area (Å²) in [5.41, 5.74) is 6.42. The molecule has 0 amide bonds. The predicted molar refractivity (Wildman–Crippen MR) is 66.4 cm³/mol. The van der Waals surface area contributed by atoms with Crippen molar-refractivity contribution in [1.29, 1.82) is 0 Å². The minimum absolute atomic E-state index is 0.392. The lowest BCUT2D eigenvalue weighted by atomic mass is 10.1. The van der Waals surface area contributed by atoms with Gasteiger partial charge in [-0.2, -0.15) is 0 Å². The van der Waals surface area contributed by atoms with Crippen LogP contribution in [0, 0.1) is 12.8 Å². The van der Waals surface area contributed by atoms with Crippen LogP contribution in [0.5, 0.6) is 0 Å². The molecule has 0 aliphatic heterocycles. The van der Waals surface area contributed by atoms with Gasteiger partial charge >= 0.3 is 0 Å². The fourth-order valence-corrected chi connectivity index (χ4v) is 1.60. The smallest absolute Gasteiger partial charge is 0.152 e. The summed E-state index contributed by atoms with van der Waals surface area (Å²) in [7, 11) is 0. The molecule has 2 N–H and O–H groups in total. The summed E-state index contributed by atoms with van der Waals surface area (Å²) < 4.78 is 5.54. The molecule has 0 saturated carbocycles. The van der Waals surface area contributed by atoms with Gasteiger partial charge in [0.1, 0.15) is 17.3 Å². The van der Waals surface area contributed by atoms with Gasteiger partial charge in [-0.25, -0.2) is 9.97 Å². The number of furan rings is 1. The van der Waals surface area contributed by atoms with Crippen LogP contribution in [-0.2, 0) is 6.42 Å². The van der Waals surface area contributed by atoms with Crippen LogP contribution >= 0.6 is 0 Å². The molecule has 0 radical (unpaired) electrons. The summed E-state index contributed by atoms with van der Waals surface area (Å²) in [6.45, 7) is 4.66. The predicted octanol–water partition coefficient (Wildman–Crippen LogP) is 2.18. The number of rotatable bonds is 4. The molecule has 90 valence electrons. The van der Waals surface area contributed by atoms with Gasteiger partial charge in [-0.05, 0) is 37.6 Å². The summed E-state index contributed by atoms with van der Waals surface area (Å²) in [6.07, 6.45) is 2.56. The molecule has 2 aromatic heterocycles. The number of hydrogen-bond donors (Lipinski definition) is 1. The Kier molecular flexibility index (Phi) is 3.54. The Morgan fingerprint density at radius 3 is 2.82 bits per heavy atom. The van der Waals surface area contributed by atoms with Gasteiger partial charge < -0.3 is 10.2 Å². The van der Waals surface area contributed by atoms with Crippen molar-refractivity contribution in [1.82, 2.24) is 9.97 Å². The van der Waals surface area contributed by atoms with Crippen LogP contribution in [0.1, 0.15) is 18.5 Å². The summed E-state index contributed by atoms with van der Waals surface area (Å²) in [4.78, 5) is 8.74. The molecule has 2 aromatic rings. The first-order valence-corrected chi connectivity index (χ1v) is 5.78. The fraction of sp³-hybridized carbons (Fsp3) is 0.385. The van der Waals surface area contributed by atoms with E-state index in [-0.39, 0.29) is 0 Å². The van der Waals surface area contributed by atoms with Crippen molar-refractivity contribution < 1.29 is 4.42 Å². The van der Waals surface area contributed by atoms with Gasteiger partial charge in [-0.1, -0.05) is 6.92 Å². The van der Waals surface area contributed by atoms with E-state index in [0.29, 0.717) is 12.5 Å². The average Bonchev–Trinajstić information content (AvgIpc) is 2.76. The molecule has 1 unspecified atom stereocenters. The molecule has 0 aliphatic rings. The Labute approximate surface area is 101 Å². The summed E-state index contributed by atoms with van der Waals surface area (Å²) >= 11 is 0. The number of aryl methyl sites for hydroxylation is 1. The monoisotopic (exact) mass is 231 g/mol. The molecule has 17 heavy (non-hydrogen) atoms. The van der Waals surface area contributed by atoms with Gasteiger partial charge in [-0.15, -0.1) is 0 Å². The van der Waals surface area contributed by atoms with E-state index in [1.165, 1.54) is 0 Å². The Bertz CT molecular complexity index is 493. The van der Waals surface area contributed by atoms with Crippen LogP contribution in [0.3, 0.4) is 0 Å². The maximum Gasteiger partial charge on any atom is 0.152 e. The molecule has 0 bridgehead atoms. The maximum atomic E-state index is 5.60. The van der Waals surface area contributed by atoms with Gasteiger partial charge in [0.2, 0.25) is 0 Å². The van der Waals surface area contributed by atoms with Crippen molar-refractivity contribution in [2.45, 2.75) is 20.3 Å². The Balaban J connectivity index is 2.22. The van der Waals surface area contributed by atoms with E-state index in [1.807, 2.05) is 25.1 Å². The SMILES string of the molecule is Cc1ccc(-c2ccnc(CC(C)CN)n2)o1. The van der Waals surface area contributed by atoms with E-state index in [1.54, 1.807) is 6.20 Å². The molecule has 0 aliphatic carbocycles. The molecule has 2 rings (SSSR count). The topological polar surface area (TPSA) is 64.9 Å². The van der Waals surface area contributed by atoms with Crippen LogP contribution in [0.4, 0.5) is 0 Å². The highest BCUT2D eigenvalue weighted by Crippen LogP contribution is 2.19. The standard InChI is InChI=1S/C13H17N3O/c1-9(8-14)7-13-15-6-5-11(16-13)12-4-3-10(2)17-12/h3-6,9H,7-8,14H2,1-2H3. The van der Waals surface area contributed by atoms with E-state index in [9.17, 15) is 0 Å². The highest BCUT2D eigenvalue weighted by molar-refractivity contribution is 5.51. The molecule has 1 atom stereocenters. The van der Waals surface area contributed by atoms with Gasteiger partial charge in [0, 0.05) is 12.6 Å². The Morgan fingerprint density at radius 1 is 1.35 bits per heavy atom. The van der Waals surface area contributed by atoms with Gasteiger partial charge in [0.25, 0.3) is 0 Å². The van der Waals surface area contributed by atoms with E-state index in [4.69, 9.17) is 10.2 Å². The van der Waals surface area contributed by atoms with Crippen molar-refractivity contribution in [3.05, 3.63) is 36.0 Å². The highest BCUT2D eigenvalue weighted by Gasteiger charge is 2.08. The molecule has 2 heterocycles. The largest absolute Gasteiger partial charge is 0.460 e. The molecule has 0 fully saturated rings. The minimum atomic E-state index is 0.392. The molecular weight excluding hydrogens is 214 g/mol. The molecular formula is C13H17N3O. The van der Waals surface area contributed by atoms with Crippen LogP contribution in [0.25, 0.3) is 11.5 Å². The Morgan fingerprint density at radius 2 is 2.18 bits per heavy atom. The van der Waals surface area contributed by atoms with E-state index in [0.717, 1.165) is 29.5 Å². The summed E-state index contributed by atoms with van der Waals surface area (Å²) in [6, 6.07) is 5.71. The summed E-state index contributed by atoms with van der Waals surface area (Å²) in [5.74, 6) is 2.88. The third kappa shape index (κ3) is 2.91. The molecule has 0 spiro atoms. The second-order valence-electron chi connectivity index (χ2n) is 4.31. The minimum Gasteiger partial charge on any atom is -0.460 e. The van der Waals surface area contributed by atoms with Gasteiger partial charge in [0.15, 0.2) is 5.76 Å². The fourth-order valence-electron chi connectivity index (χ4n) is 1.60. The lowest BCUT2D eigenvalue weighted by Crippen LogP contribution is -2.14. The van der Waals surface area contributed by atoms with Crippen molar-refractivity contribution in [2.75, 3.05) is 6.54 Å². The van der Waals surface area contributed by atoms with Crippen LogP contribution < -0.4 is 5.73 Å². The zero-order chi connectivity index (χ0) is 12.3. The van der Waals surface area contributed by atoms with Gasteiger partial charge in [0.05, 0.1) is 0 Å². The van der Waals surface area contributed by atoms with E-state index in [2.05, 4.69) is 16.9 Å². The van der Waals surface area contributed by atoms with Crippen LogP contribution in [0.2, 0.25) is 0 Å². The van der Waals surface area contributed by atoms with Crippen molar-refractivity contribution in [2.24, 2.45) is 11.7 Å². The van der Waals surface area contributed by atoms with Crippen LogP contribution in [-0.4, -0.2) is 16.5 Å². The highest BCUT2D eigenvalue weighted by atomic mass is 16.3. The zero-order valence-electron chi connectivity index (χ0n) is 10.2. The second-order valence-corrected chi connectivity index (χ2v) is 4.31. The maximum absolute atomic E-state index is 5.60. The van der Waals surface area contributed by atoms with E-state index < -0.39 is 0 Å². The molecule has 0 aromatic carbocycles. The van der Waals surface area contributed by atoms with Crippen molar-refractivity contribution in [3.8, 4) is 11.5 Å². The number of nitrogens with zero attached hydrogens (tertiary/aromatic N) is 2. The first-order valence-electron chi connectivity index (χ1n) is 5.78. The third-order valence-corrected chi connectivity index (χ3v) is 2.63. The molecule has 4 nitrogen and oxygen atoms in total. The zero-order valence-corrected chi connectivity index (χ0v) is 10.2. The number of nitrogens with two attached hydrogens (primary N) is 1. The summed E-state index contributed by atoms with van der Waals surface area (Å²) in [5, 5.41) is 0. The van der Waals surface area contributed by atoms with Crippen LogP contribution in [0.15, 0.2) is 28.8 Å².